The van der Waals surface area contributed by atoms with Crippen molar-refractivity contribution in [2.24, 2.45) is 4.99 Å². The van der Waals surface area contributed by atoms with Gasteiger partial charge in [0, 0.05) is 10.0 Å². The Bertz CT molecular complexity index is 1100. The fourth-order valence-corrected chi connectivity index (χ4v) is 3.59. The van der Waals surface area contributed by atoms with Gasteiger partial charge in [0.25, 0.3) is 0 Å². The summed E-state index contributed by atoms with van der Waals surface area (Å²) in [5.74, 6) is 1.54. The smallest absolute Gasteiger partial charge is 0.211 e. The molecular formula is C19H19BrN8O2. The molecule has 0 fully saturated rings. The third kappa shape index (κ3) is 3.75. The number of methoxy groups -OCH3 is 1. The van der Waals surface area contributed by atoms with E-state index in [1.165, 1.54) is 0 Å². The molecule has 154 valence electrons. The van der Waals surface area contributed by atoms with Crippen LogP contribution in [0.5, 0.6) is 11.5 Å². The van der Waals surface area contributed by atoms with Crippen molar-refractivity contribution in [3.8, 4) is 23.8 Å². The molecule has 2 aromatic rings. The van der Waals surface area contributed by atoms with Crippen LogP contribution in [0.4, 0.5) is 17.3 Å². The van der Waals surface area contributed by atoms with Gasteiger partial charge in [-0.25, -0.2) is 9.98 Å². The van der Waals surface area contributed by atoms with E-state index in [1.807, 2.05) is 19.2 Å². The molecule has 10 nitrogen and oxygen atoms in total. The maximum absolute atomic E-state index is 9.44. The molecule has 0 aliphatic carbocycles. The first kappa shape index (κ1) is 21.0. The fourth-order valence-electron chi connectivity index (χ4n) is 3.05. The average molecular weight is 471 g/mol. The first-order chi connectivity index (χ1) is 14.4. The highest BCUT2D eigenvalue weighted by Gasteiger charge is 2.31. The molecule has 0 saturated carbocycles. The number of guanidine groups is 1. The molecule has 1 aliphatic heterocycles. The molecule has 0 bridgehead atoms. The quantitative estimate of drug-likeness (QED) is 0.378. The molecule has 1 aromatic heterocycles. The van der Waals surface area contributed by atoms with Gasteiger partial charge < -0.3 is 26.3 Å². The molecule has 30 heavy (non-hydrogen) atoms. The molecule has 1 atom stereocenters. The Morgan fingerprint density at radius 2 is 2.07 bits per heavy atom. The first-order valence-electron chi connectivity index (χ1n) is 8.94. The first-order valence-corrected chi connectivity index (χ1v) is 9.73. The van der Waals surface area contributed by atoms with Crippen LogP contribution >= 0.6 is 15.9 Å². The van der Waals surface area contributed by atoms with Crippen LogP contribution in [0, 0.1) is 22.8 Å². The van der Waals surface area contributed by atoms with Crippen molar-refractivity contribution in [3.05, 3.63) is 33.3 Å². The number of fused-ring (bicyclic) bond motifs is 1. The van der Waals surface area contributed by atoms with Gasteiger partial charge in [0.15, 0.2) is 17.7 Å². The summed E-state index contributed by atoms with van der Waals surface area (Å²) >= 11 is 3.56. The van der Waals surface area contributed by atoms with Crippen molar-refractivity contribution < 1.29 is 9.47 Å². The Morgan fingerprint density at radius 1 is 1.30 bits per heavy atom. The normalized spacial score (nSPS) is 14.4. The highest BCUT2D eigenvalue weighted by Crippen LogP contribution is 2.45. The highest BCUT2D eigenvalue weighted by molar-refractivity contribution is 9.10. The molecule has 1 aliphatic rings. The molecule has 0 radical (unpaired) electrons. The van der Waals surface area contributed by atoms with Gasteiger partial charge in [-0.3, -0.25) is 5.32 Å². The minimum Gasteiger partial charge on any atom is -0.493 e. The van der Waals surface area contributed by atoms with E-state index in [9.17, 15) is 5.26 Å². The van der Waals surface area contributed by atoms with Gasteiger partial charge in [-0.15, -0.1) is 0 Å². The van der Waals surface area contributed by atoms with Crippen LogP contribution in [0.2, 0.25) is 0 Å². The minimum absolute atomic E-state index is 0.0156. The third-order valence-corrected chi connectivity index (χ3v) is 5.08. The molecule has 1 unspecified atom stereocenters. The number of anilines is 3. The number of nitrogens with one attached hydrogen (secondary N) is 2. The summed E-state index contributed by atoms with van der Waals surface area (Å²) in [6.07, 6.45) is 2.66. The summed E-state index contributed by atoms with van der Waals surface area (Å²) in [6.45, 7) is 2.54. The van der Waals surface area contributed by atoms with Crippen molar-refractivity contribution in [3.63, 3.8) is 0 Å². The summed E-state index contributed by atoms with van der Waals surface area (Å²) in [7, 11) is 1.54. The van der Waals surface area contributed by atoms with Gasteiger partial charge in [-0.05, 0) is 24.1 Å². The molecule has 3 rings (SSSR count). The van der Waals surface area contributed by atoms with Gasteiger partial charge in [0.2, 0.25) is 5.96 Å². The standard InChI is InChI=1S/C19H19BrN8O2/c1-3-4-30-13-6-11(20)9(5-12(13)29-2)16-14-15(23)10(7-21)17(24)27-18(14)28-19(26-16)25-8-22/h5-6,16H,3-4H2,1-2H3,(H6,23,24,25,26,27,28). The van der Waals surface area contributed by atoms with Crippen molar-refractivity contribution >= 4 is 39.2 Å². The lowest BCUT2D eigenvalue weighted by atomic mass is 9.95. The summed E-state index contributed by atoms with van der Waals surface area (Å²) in [5.41, 5.74) is 13.5. The lowest BCUT2D eigenvalue weighted by Gasteiger charge is -2.27. The highest BCUT2D eigenvalue weighted by atomic mass is 79.9. The number of ether oxygens (including phenoxy) is 2. The van der Waals surface area contributed by atoms with E-state index in [0.29, 0.717) is 39.5 Å². The van der Waals surface area contributed by atoms with Gasteiger partial charge in [0.05, 0.1) is 19.4 Å². The number of nitriles is 2. The number of nitrogen functional groups attached to an aromatic ring is 2. The second-order valence-corrected chi connectivity index (χ2v) is 7.13. The number of nitrogens with zero attached hydrogens (tertiary/aromatic N) is 4. The van der Waals surface area contributed by atoms with Crippen molar-refractivity contribution in [1.29, 1.82) is 10.5 Å². The van der Waals surface area contributed by atoms with E-state index in [1.54, 1.807) is 19.2 Å². The van der Waals surface area contributed by atoms with Crippen LogP contribution in [-0.4, -0.2) is 24.7 Å². The molecule has 11 heteroatoms. The van der Waals surface area contributed by atoms with E-state index in [0.717, 1.165) is 6.42 Å². The number of rotatable bonds is 5. The number of hydrogen-bond acceptors (Lipinski definition) is 10. The maximum atomic E-state index is 9.44. The Morgan fingerprint density at radius 3 is 2.70 bits per heavy atom. The van der Waals surface area contributed by atoms with E-state index >= 15 is 0 Å². The van der Waals surface area contributed by atoms with Crippen LogP contribution in [0.15, 0.2) is 21.6 Å². The summed E-state index contributed by atoms with van der Waals surface area (Å²) < 4.78 is 11.9. The largest absolute Gasteiger partial charge is 0.493 e. The zero-order valence-electron chi connectivity index (χ0n) is 16.3. The molecule has 0 saturated heterocycles. The molecule has 2 heterocycles. The number of nitrogens with two attached hydrogens (primary N) is 2. The lowest BCUT2D eigenvalue weighted by Crippen LogP contribution is -2.32. The number of halogens is 1. The number of pyridine rings is 1. The molecule has 6 N–H and O–H groups in total. The van der Waals surface area contributed by atoms with Crippen molar-refractivity contribution in [2.45, 2.75) is 19.4 Å². The topological polar surface area (TPSA) is 167 Å². The maximum Gasteiger partial charge on any atom is 0.211 e. The number of aliphatic imine (C=N–C) groups is 1. The van der Waals surface area contributed by atoms with Crippen molar-refractivity contribution in [1.82, 2.24) is 10.3 Å². The van der Waals surface area contributed by atoms with E-state index in [2.05, 4.69) is 36.5 Å². The van der Waals surface area contributed by atoms with Gasteiger partial charge in [0.1, 0.15) is 29.3 Å². The Balaban J connectivity index is 2.23. The van der Waals surface area contributed by atoms with Crippen LogP contribution in [-0.2, 0) is 0 Å². The number of hydrogen-bond donors (Lipinski definition) is 4. The SMILES string of the molecule is CCCOc1cc(Br)c(C2N=C(NC#N)Nc3nc(N)c(C#N)c(N)c32)cc1OC. The molecular weight excluding hydrogens is 452 g/mol. The average Bonchev–Trinajstić information content (AvgIpc) is 2.72. The number of benzene rings is 1. The zero-order chi connectivity index (χ0) is 21.8. The van der Waals surface area contributed by atoms with Gasteiger partial charge >= 0.3 is 0 Å². The fraction of sp³-hybridized carbons (Fsp3) is 0.263. The minimum atomic E-state index is -0.694. The summed E-state index contributed by atoms with van der Waals surface area (Å²) in [5, 5.41) is 23.8. The number of aromatic nitrogens is 1. The second kappa shape index (κ2) is 8.76. The van der Waals surface area contributed by atoms with Gasteiger partial charge in [-0.1, -0.05) is 22.9 Å². The van der Waals surface area contributed by atoms with E-state index in [-0.39, 0.29) is 23.0 Å². The second-order valence-electron chi connectivity index (χ2n) is 6.27. The molecule has 0 spiro atoms. The van der Waals surface area contributed by atoms with Crippen LogP contribution < -0.4 is 31.6 Å². The zero-order valence-corrected chi connectivity index (χ0v) is 17.9. The van der Waals surface area contributed by atoms with Gasteiger partial charge in [-0.2, -0.15) is 10.5 Å². The van der Waals surface area contributed by atoms with Crippen molar-refractivity contribution in [2.75, 3.05) is 30.5 Å². The Kier molecular flexibility index (Phi) is 6.14. The predicted molar refractivity (Wildman–Crippen MR) is 116 cm³/mol. The van der Waals surface area contributed by atoms with Crippen LogP contribution in [0.25, 0.3) is 0 Å². The monoisotopic (exact) mass is 470 g/mol. The lowest BCUT2D eigenvalue weighted by molar-refractivity contribution is 0.294. The van der Waals surface area contributed by atoms with E-state index in [4.69, 9.17) is 26.2 Å². The van der Waals surface area contributed by atoms with Crippen LogP contribution in [0.1, 0.15) is 36.1 Å². The Labute approximate surface area is 181 Å². The predicted octanol–water partition coefficient (Wildman–Crippen LogP) is 2.62. The Hall–Kier alpha value is -3.70. The third-order valence-electron chi connectivity index (χ3n) is 4.40. The van der Waals surface area contributed by atoms with Crippen LogP contribution in [0.3, 0.4) is 0 Å². The summed E-state index contributed by atoms with van der Waals surface area (Å²) in [6, 6.07) is 4.84. The molecule has 0 amide bonds. The molecule has 1 aromatic carbocycles. The van der Waals surface area contributed by atoms with E-state index < -0.39 is 6.04 Å². The summed E-state index contributed by atoms with van der Waals surface area (Å²) in [4.78, 5) is 8.80.